The number of aliphatic hydroxyl groups excluding tert-OH is 1. The molecule has 2 aliphatic heterocycles. The van der Waals surface area contributed by atoms with E-state index in [2.05, 4.69) is 4.90 Å². The smallest absolute Gasteiger partial charge is 0.161 e. The number of nitrogens with zero attached hydrogens (tertiary/aromatic N) is 1. The number of aliphatic hydroxyl groups is 1. The van der Waals surface area contributed by atoms with Crippen molar-refractivity contribution in [3.8, 4) is 11.5 Å². The molecule has 0 amide bonds. The molecule has 0 radical (unpaired) electrons. The molecule has 3 N–H and O–H groups in total. The van der Waals surface area contributed by atoms with Gasteiger partial charge in [-0.3, -0.25) is 0 Å². The second kappa shape index (κ2) is 5.99. The Kier molecular flexibility index (Phi) is 4.10. The van der Waals surface area contributed by atoms with Crippen LogP contribution in [-0.4, -0.2) is 48.9 Å². The number of ether oxygens (including phenoxy) is 2. The van der Waals surface area contributed by atoms with Crippen LogP contribution in [0.3, 0.4) is 0 Å². The molecule has 1 fully saturated rings. The first kappa shape index (κ1) is 13.7. The minimum atomic E-state index is -0.675. The Hall–Kier alpha value is -1.30. The zero-order valence-corrected chi connectivity index (χ0v) is 11.6. The molecule has 1 aromatic rings. The summed E-state index contributed by atoms with van der Waals surface area (Å²) in [5, 5.41) is 10.4. The van der Waals surface area contributed by atoms with Gasteiger partial charge in [-0.15, -0.1) is 0 Å². The van der Waals surface area contributed by atoms with Crippen LogP contribution in [0.1, 0.15) is 24.5 Å². The highest BCUT2D eigenvalue weighted by molar-refractivity contribution is 5.44. The quantitative estimate of drug-likeness (QED) is 0.857. The predicted molar refractivity (Wildman–Crippen MR) is 76.0 cm³/mol. The van der Waals surface area contributed by atoms with Crippen LogP contribution < -0.4 is 15.2 Å². The van der Waals surface area contributed by atoms with Crippen molar-refractivity contribution in [1.82, 2.24) is 4.90 Å². The maximum Gasteiger partial charge on any atom is 0.161 e. The highest BCUT2D eigenvalue weighted by Gasteiger charge is 2.23. The van der Waals surface area contributed by atoms with E-state index >= 15 is 0 Å². The topological polar surface area (TPSA) is 68.0 Å². The maximum atomic E-state index is 10.4. The molecule has 1 saturated heterocycles. The fourth-order valence-corrected chi connectivity index (χ4v) is 2.85. The standard InChI is InChI=1S/C15H22N2O3/c16-12(10-17-5-1-2-6-17)15(18)11-3-4-13-14(9-11)20-8-7-19-13/h3-4,9,12,15,18H,1-2,5-8,10,16H2/t12?,15-/m1/s1. The molecule has 2 heterocycles. The average Bonchev–Trinajstić information content (AvgIpc) is 2.99. The van der Waals surface area contributed by atoms with Crippen LogP contribution in [-0.2, 0) is 0 Å². The first-order valence-electron chi connectivity index (χ1n) is 7.29. The molecular formula is C15H22N2O3. The number of likely N-dealkylation sites (tertiary alicyclic amines) is 1. The van der Waals surface area contributed by atoms with Crippen LogP contribution in [0.4, 0.5) is 0 Å². The van der Waals surface area contributed by atoms with Gasteiger partial charge in [-0.05, 0) is 43.6 Å². The molecule has 0 aliphatic carbocycles. The molecule has 1 aromatic carbocycles. The van der Waals surface area contributed by atoms with Crippen LogP contribution in [0.25, 0.3) is 0 Å². The molecular weight excluding hydrogens is 256 g/mol. The lowest BCUT2D eigenvalue weighted by atomic mass is 10.0. The van der Waals surface area contributed by atoms with E-state index in [9.17, 15) is 5.11 Å². The average molecular weight is 278 g/mol. The molecule has 0 saturated carbocycles. The van der Waals surface area contributed by atoms with E-state index in [1.807, 2.05) is 18.2 Å². The summed E-state index contributed by atoms with van der Waals surface area (Å²) < 4.78 is 11.0. The van der Waals surface area contributed by atoms with Crippen LogP contribution in [0, 0.1) is 0 Å². The molecule has 3 rings (SSSR count). The van der Waals surface area contributed by atoms with E-state index < -0.39 is 6.10 Å². The third kappa shape index (κ3) is 2.90. The summed E-state index contributed by atoms with van der Waals surface area (Å²) in [5.74, 6) is 1.43. The van der Waals surface area contributed by atoms with E-state index in [4.69, 9.17) is 15.2 Å². The summed E-state index contributed by atoms with van der Waals surface area (Å²) in [6.45, 7) is 4.02. The lowest BCUT2D eigenvalue weighted by molar-refractivity contribution is 0.124. The Morgan fingerprint density at radius 2 is 1.85 bits per heavy atom. The molecule has 0 bridgehead atoms. The first-order chi connectivity index (χ1) is 9.74. The Morgan fingerprint density at radius 1 is 1.15 bits per heavy atom. The summed E-state index contributed by atoms with van der Waals surface area (Å²) in [5.41, 5.74) is 6.93. The van der Waals surface area contributed by atoms with E-state index in [-0.39, 0.29) is 6.04 Å². The monoisotopic (exact) mass is 278 g/mol. The molecule has 2 atom stereocenters. The zero-order chi connectivity index (χ0) is 13.9. The van der Waals surface area contributed by atoms with Crippen molar-refractivity contribution < 1.29 is 14.6 Å². The van der Waals surface area contributed by atoms with Crippen molar-refractivity contribution in [3.63, 3.8) is 0 Å². The molecule has 5 heteroatoms. The van der Waals surface area contributed by atoms with Gasteiger partial charge in [0.1, 0.15) is 13.2 Å². The predicted octanol–water partition coefficient (Wildman–Crippen LogP) is 0.914. The first-order valence-corrected chi connectivity index (χ1v) is 7.29. The number of hydrogen-bond acceptors (Lipinski definition) is 5. The Bertz CT molecular complexity index is 460. The minimum Gasteiger partial charge on any atom is -0.486 e. The summed E-state index contributed by atoms with van der Waals surface area (Å²) in [6.07, 6.45) is 1.78. The van der Waals surface area contributed by atoms with Gasteiger partial charge in [-0.2, -0.15) is 0 Å². The Labute approximate surface area is 119 Å². The van der Waals surface area contributed by atoms with Crippen molar-refractivity contribution in [2.75, 3.05) is 32.8 Å². The summed E-state index contributed by atoms with van der Waals surface area (Å²) in [7, 11) is 0. The lowest BCUT2D eigenvalue weighted by Crippen LogP contribution is -2.40. The van der Waals surface area contributed by atoms with Crippen molar-refractivity contribution >= 4 is 0 Å². The van der Waals surface area contributed by atoms with Gasteiger partial charge in [0, 0.05) is 12.6 Å². The van der Waals surface area contributed by atoms with Crippen molar-refractivity contribution in [1.29, 1.82) is 0 Å². The maximum absolute atomic E-state index is 10.4. The molecule has 20 heavy (non-hydrogen) atoms. The van der Waals surface area contributed by atoms with Gasteiger partial charge in [0.15, 0.2) is 11.5 Å². The molecule has 1 unspecified atom stereocenters. The summed E-state index contributed by atoms with van der Waals surface area (Å²) in [6, 6.07) is 5.26. The molecule has 110 valence electrons. The van der Waals surface area contributed by atoms with Crippen molar-refractivity contribution in [3.05, 3.63) is 23.8 Å². The molecule has 0 aromatic heterocycles. The van der Waals surface area contributed by atoms with E-state index in [0.717, 1.165) is 30.9 Å². The van der Waals surface area contributed by atoms with E-state index in [1.165, 1.54) is 12.8 Å². The van der Waals surface area contributed by atoms with Gasteiger partial charge < -0.3 is 25.2 Å². The van der Waals surface area contributed by atoms with Crippen LogP contribution in [0.15, 0.2) is 18.2 Å². The van der Waals surface area contributed by atoms with Crippen molar-refractivity contribution in [2.45, 2.75) is 25.0 Å². The molecule has 2 aliphatic rings. The van der Waals surface area contributed by atoms with Crippen LogP contribution in [0.5, 0.6) is 11.5 Å². The van der Waals surface area contributed by atoms with Crippen LogP contribution in [0.2, 0.25) is 0 Å². The highest BCUT2D eigenvalue weighted by Crippen LogP contribution is 2.33. The van der Waals surface area contributed by atoms with Gasteiger partial charge in [-0.1, -0.05) is 6.07 Å². The number of rotatable bonds is 4. The second-order valence-corrected chi connectivity index (χ2v) is 5.52. The number of hydrogen-bond donors (Lipinski definition) is 2. The fourth-order valence-electron chi connectivity index (χ4n) is 2.85. The summed E-state index contributed by atoms with van der Waals surface area (Å²) in [4.78, 5) is 2.31. The van der Waals surface area contributed by atoms with Crippen LogP contribution >= 0.6 is 0 Å². The van der Waals surface area contributed by atoms with Gasteiger partial charge in [0.05, 0.1) is 6.10 Å². The van der Waals surface area contributed by atoms with Crippen molar-refractivity contribution in [2.24, 2.45) is 5.73 Å². The normalized spacial score (nSPS) is 21.7. The minimum absolute atomic E-state index is 0.282. The highest BCUT2D eigenvalue weighted by atomic mass is 16.6. The number of fused-ring (bicyclic) bond motifs is 1. The van der Waals surface area contributed by atoms with E-state index in [0.29, 0.717) is 19.0 Å². The largest absolute Gasteiger partial charge is 0.486 e. The molecule has 5 nitrogen and oxygen atoms in total. The number of nitrogens with two attached hydrogens (primary N) is 1. The Morgan fingerprint density at radius 3 is 2.60 bits per heavy atom. The number of benzene rings is 1. The fraction of sp³-hybridized carbons (Fsp3) is 0.600. The third-order valence-electron chi connectivity index (χ3n) is 3.98. The van der Waals surface area contributed by atoms with E-state index in [1.54, 1.807) is 0 Å². The van der Waals surface area contributed by atoms with Gasteiger partial charge >= 0.3 is 0 Å². The Balaban J connectivity index is 1.67. The molecule has 0 spiro atoms. The summed E-state index contributed by atoms with van der Waals surface area (Å²) >= 11 is 0. The van der Waals surface area contributed by atoms with Gasteiger partial charge in [-0.25, -0.2) is 0 Å². The second-order valence-electron chi connectivity index (χ2n) is 5.52. The van der Waals surface area contributed by atoms with Gasteiger partial charge in [0.25, 0.3) is 0 Å². The van der Waals surface area contributed by atoms with Gasteiger partial charge in [0.2, 0.25) is 0 Å². The zero-order valence-electron chi connectivity index (χ0n) is 11.6. The SMILES string of the molecule is NC(CN1CCCC1)[C@H](O)c1ccc2c(c1)OCCO2. The lowest BCUT2D eigenvalue weighted by Gasteiger charge is -2.26. The third-order valence-corrected chi connectivity index (χ3v) is 3.98.